The third kappa shape index (κ3) is 4.51. The van der Waals surface area contributed by atoms with Gasteiger partial charge in [-0.05, 0) is 37.8 Å². The zero-order chi connectivity index (χ0) is 12.4. The van der Waals surface area contributed by atoms with Gasteiger partial charge in [0.15, 0.2) is 0 Å². The van der Waals surface area contributed by atoms with Crippen molar-refractivity contribution in [2.45, 2.75) is 46.6 Å². The van der Waals surface area contributed by atoms with Gasteiger partial charge in [0, 0.05) is 5.54 Å². The Morgan fingerprint density at radius 3 is 2.31 bits per heavy atom. The zero-order valence-corrected chi connectivity index (χ0v) is 11.0. The normalized spacial score (nSPS) is 12.6. The van der Waals surface area contributed by atoms with E-state index in [1.807, 2.05) is 12.1 Å². The average molecular weight is 221 g/mol. The minimum Gasteiger partial charge on any atom is -0.384 e. The molecule has 3 heteroatoms. The number of nitrogens with two attached hydrogens (primary N) is 1. The molecule has 0 fully saturated rings. The molecule has 0 unspecified atom stereocenters. The molecule has 0 aromatic carbocycles. The van der Waals surface area contributed by atoms with Crippen molar-refractivity contribution < 1.29 is 0 Å². The Hall–Kier alpha value is -1.25. The molecule has 0 saturated carbocycles. The van der Waals surface area contributed by atoms with Gasteiger partial charge in [0.1, 0.15) is 11.6 Å². The molecule has 0 atom stereocenters. The van der Waals surface area contributed by atoms with E-state index >= 15 is 0 Å². The van der Waals surface area contributed by atoms with Crippen LogP contribution in [0.25, 0.3) is 0 Å². The van der Waals surface area contributed by atoms with E-state index in [-0.39, 0.29) is 11.0 Å². The van der Waals surface area contributed by atoms with E-state index in [4.69, 9.17) is 5.73 Å². The second-order valence-corrected chi connectivity index (χ2v) is 6.19. The fourth-order valence-corrected chi connectivity index (χ4v) is 2.24. The van der Waals surface area contributed by atoms with Gasteiger partial charge in [-0.3, -0.25) is 0 Å². The van der Waals surface area contributed by atoms with Crippen LogP contribution in [0.5, 0.6) is 0 Å². The molecule has 0 radical (unpaired) electrons. The number of rotatable bonds is 3. The van der Waals surface area contributed by atoms with Gasteiger partial charge in [0.2, 0.25) is 0 Å². The second kappa shape index (κ2) is 4.32. The summed E-state index contributed by atoms with van der Waals surface area (Å²) in [7, 11) is 0. The van der Waals surface area contributed by atoms with E-state index in [2.05, 4.69) is 44.9 Å². The van der Waals surface area contributed by atoms with Crippen LogP contribution in [-0.2, 0) is 0 Å². The summed E-state index contributed by atoms with van der Waals surface area (Å²) in [6.07, 6.45) is 1.07. The molecule has 16 heavy (non-hydrogen) atoms. The van der Waals surface area contributed by atoms with Gasteiger partial charge < -0.3 is 11.1 Å². The fourth-order valence-electron chi connectivity index (χ4n) is 2.24. The number of nitrogens with one attached hydrogen (secondary N) is 1. The van der Waals surface area contributed by atoms with E-state index in [1.165, 1.54) is 0 Å². The average Bonchev–Trinajstić information content (AvgIpc) is 1.96. The summed E-state index contributed by atoms with van der Waals surface area (Å²) in [5.41, 5.74) is 5.96. The van der Waals surface area contributed by atoms with Crippen molar-refractivity contribution in [3.05, 3.63) is 18.2 Å². The van der Waals surface area contributed by atoms with Gasteiger partial charge in [0.25, 0.3) is 0 Å². The molecular formula is C13H23N3. The Balaban J connectivity index is 2.72. The number of anilines is 2. The van der Waals surface area contributed by atoms with Crippen molar-refractivity contribution in [2.75, 3.05) is 11.1 Å². The van der Waals surface area contributed by atoms with Crippen LogP contribution in [0.15, 0.2) is 18.2 Å². The predicted octanol–water partition coefficient (Wildman–Crippen LogP) is 3.29. The summed E-state index contributed by atoms with van der Waals surface area (Å²) >= 11 is 0. The van der Waals surface area contributed by atoms with Gasteiger partial charge in [0.05, 0.1) is 0 Å². The molecule has 0 saturated heterocycles. The Labute approximate surface area is 98.5 Å². The number of nitrogens with zero attached hydrogens (tertiary/aromatic N) is 1. The number of hydrogen-bond donors (Lipinski definition) is 2. The highest BCUT2D eigenvalue weighted by atomic mass is 15.1. The Bertz CT molecular complexity index is 350. The minimum atomic E-state index is 0.0129. The van der Waals surface area contributed by atoms with E-state index in [9.17, 15) is 0 Å². The molecule has 1 aromatic rings. The first kappa shape index (κ1) is 12.8. The van der Waals surface area contributed by atoms with Crippen LogP contribution in [0.1, 0.15) is 41.0 Å². The number of hydrogen-bond acceptors (Lipinski definition) is 3. The Morgan fingerprint density at radius 2 is 1.81 bits per heavy atom. The van der Waals surface area contributed by atoms with Gasteiger partial charge in [-0.2, -0.15) is 0 Å². The Morgan fingerprint density at radius 1 is 1.19 bits per heavy atom. The van der Waals surface area contributed by atoms with Crippen molar-refractivity contribution in [1.82, 2.24) is 4.98 Å². The number of aromatic nitrogens is 1. The standard InChI is InChI=1S/C13H23N3/c1-12(2,3)9-13(4,5)16-11-8-6-7-10(14)15-11/h6-8H,9H2,1-5H3,(H3,14,15,16). The van der Waals surface area contributed by atoms with E-state index in [1.54, 1.807) is 6.07 Å². The third-order valence-electron chi connectivity index (χ3n) is 2.21. The number of nitrogen functional groups attached to an aromatic ring is 1. The molecule has 0 spiro atoms. The lowest BCUT2D eigenvalue weighted by molar-refractivity contribution is 0.302. The molecule has 3 nitrogen and oxygen atoms in total. The first-order valence-corrected chi connectivity index (χ1v) is 5.69. The predicted molar refractivity (Wildman–Crippen MR) is 70.4 cm³/mol. The van der Waals surface area contributed by atoms with Crippen molar-refractivity contribution in [1.29, 1.82) is 0 Å². The summed E-state index contributed by atoms with van der Waals surface area (Å²) in [4.78, 5) is 4.26. The number of pyridine rings is 1. The first-order chi connectivity index (χ1) is 7.18. The van der Waals surface area contributed by atoms with Crippen LogP contribution < -0.4 is 11.1 Å². The van der Waals surface area contributed by atoms with Crippen molar-refractivity contribution >= 4 is 11.6 Å². The highest BCUT2D eigenvalue weighted by Gasteiger charge is 2.25. The summed E-state index contributed by atoms with van der Waals surface area (Å²) in [6, 6.07) is 5.65. The van der Waals surface area contributed by atoms with Crippen LogP contribution in [0.4, 0.5) is 11.6 Å². The fraction of sp³-hybridized carbons (Fsp3) is 0.615. The summed E-state index contributed by atoms with van der Waals surface area (Å²) < 4.78 is 0. The van der Waals surface area contributed by atoms with Crippen LogP contribution in [-0.4, -0.2) is 10.5 Å². The molecule has 1 rings (SSSR count). The monoisotopic (exact) mass is 221 g/mol. The van der Waals surface area contributed by atoms with E-state index < -0.39 is 0 Å². The summed E-state index contributed by atoms with van der Waals surface area (Å²) in [5.74, 6) is 1.39. The smallest absolute Gasteiger partial charge is 0.128 e. The summed E-state index contributed by atoms with van der Waals surface area (Å²) in [5, 5.41) is 3.42. The lowest BCUT2D eigenvalue weighted by Crippen LogP contribution is -2.35. The molecule has 90 valence electrons. The van der Waals surface area contributed by atoms with Gasteiger partial charge >= 0.3 is 0 Å². The van der Waals surface area contributed by atoms with Crippen LogP contribution >= 0.6 is 0 Å². The quantitative estimate of drug-likeness (QED) is 0.823. The highest BCUT2D eigenvalue weighted by molar-refractivity contribution is 5.43. The molecule has 1 aromatic heterocycles. The molecule has 0 aliphatic heterocycles. The lowest BCUT2D eigenvalue weighted by atomic mass is 9.82. The van der Waals surface area contributed by atoms with Crippen molar-refractivity contribution in [2.24, 2.45) is 5.41 Å². The van der Waals surface area contributed by atoms with Crippen molar-refractivity contribution in [3.8, 4) is 0 Å². The maximum absolute atomic E-state index is 5.65. The van der Waals surface area contributed by atoms with Gasteiger partial charge in [-0.1, -0.05) is 26.8 Å². The highest BCUT2D eigenvalue weighted by Crippen LogP contribution is 2.29. The topological polar surface area (TPSA) is 50.9 Å². The molecule has 1 heterocycles. The van der Waals surface area contributed by atoms with Crippen LogP contribution in [0.2, 0.25) is 0 Å². The summed E-state index contributed by atoms with van der Waals surface area (Å²) in [6.45, 7) is 11.1. The van der Waals surface area contributed by atoms with Crippen molar-refractivity contribution in [3.63, 3.8) is 0 Å². The molecule has 0 amide bonds. The van der Waals surface area contributed by atoms with Crippen LogP contribution in [0.3, 0.4) is 0 Å². The maximum atomic E-state index is 5.65. The van der Waals surface area contributed by atoms with Gasteiger partial charge in [-0.25, -0.2) is 4.98 Å². The van der Waals surface area contributed by atoms with E-state index in [0.29, 0.717) is 5.82 Å². The molecular weight excluding hydrogens is 198 g/mol. The van der Waals surface area contributed by atoms with Crippen LogP contribution in [0, 0.1) is 5.41 Å². The second-order valence-electron chi connectivity index (χ2n) is 6.19. The first-order valence-electron chi connectivity index (χ1n) is 5.69. The molecule has 0 aliphatic rings. The maximum Gasteiger partial charge on any atom is 0.128 e. The molecule has 0 bridgehead atoms. The Kier molecular flexibility index (Phi) is 3.46. The minimum absolute atomic E-state index is 0.0129. The van der Waals surface area contributed by atoms with Gasteiger partial charge in [-0.15, -0.1) is 0 Å². The molecule has 3 N–H and O–H groups in total. The lowest BCUT2D eigenvalue weighted by Gasteiger charge is -2.33. The molecule has 0 aliphatic carbocycles. The van der Waals surface area contributed by atoms with E-state index in [0.717, 1.165) is 12.2 Å². The largest absolute Gasteiger partial charge is 0.384 e. The zero-order valence-electron chi connectivity index (χ0n) is 11.0. The third-order valence-corrected chi connectivity index (χ3v) is 2.21. The SMILES string of the molecule is CC(C)(C)CC(C)(C)Nc1cccc(N)n1.